The fraction of sp³-hybridized carbons (Fsp3) is 0.706. The third-order valence-electron chi connectivity index (χ3n) is 4.23. The van der Waals surface area contributed by atoms with Crippen LogP contribution < -0.4 is 5.32 Å². The number of aromatic nitrogens is 1. The number of ether oxygens (including phenoxy) is 1. The van der Waals surface area contributed by atoms with E-state index in [1.54, 1.807) is 18.4 Å². The van der Waals surface area contributed by atoms with Gasteiger partial charge >= 0.3 is 5.97 Å². The summed E-state index contributed by atoms with van der Waals surface area (Å²) in [6.07, 6.45) is 2.95. The molecule has 1 saturated heterocycles. The maximum Gasteiger partial charge on any atom is 0.310 e. The molecule has 1 aliphatic heterocycles. The third-order valence-corrected chi connectivity index (χ3v) is 5.25. The molecule has 0 aromatic carbocycles. The molecular formula is C17H28N4O2S. The van der Waals surface area contributed by atoms with E-state index in [4.69, 9.17) is 4.74 Å². The highest BCUT2D eigenvalue weighted by Gasteiger charge is 2.36. The number of nitrogens with zero attached hydrogens (tertiary/aromatic N) is 3. The summed E-state index contributed by atoms with van der Waals surface area (Å²) < 4.78 is 4.90. The van der Waals surface area contributed by atoms with Crippen LogP contribution in [-0.4, -0.2) is 49.1 Å². The molecule has 0 saturated carbocycles. The minimum atomic E-state index is -0.138. The van der Waals surface area contributed by atoms with Crippen molar-refractivity contribution < 1.29 is 9.53 Å². The lowest BCUT2D eigenvalue weighted by molar-refractivity contribution is -0.145. The van der Waals surface area contributed by atoms with Gasteiger partial charge in [0.15, 0.2) is 5.96 Å². The van der Waals surface area contributed by atoms with E-state index in [1.165, 1.54) is 17.0 Å². The van der Waals surface area contributed by atoms with E-state index < -0.39 is 0 Å². The van der Waals surface area contributed by atoms with Crippen molar-refractivity contribution in [3.8, 4) is 0 Å². The number of methoxy groups -OCH3 is 1. The molecule has 0 spiro atoms. The minimum absolute atomic E-state index is 0.0883. The molecule has 24 heavy (non-hydrogen) atoms. The normalized spacial score (nSPS) is 21.4. The lowest BCUT2D eigenvalue weighted by Crippen LogP contribution is -2.40. The Labute approximate surface area is 148 Å². The van der Waals surface area contributed by atoms with Crippen LogP contribution in [-0.2, 0) is 22.5 Å². The lowest BCUT2D eigenvalue weighted by atomic mass is 9.99. The Morgan fingerprint density at radius 2 is 2.29 bits per heavy atom. The van der Waals surface area contributed by atoms with E-state index in [0.717, 1.165) is 18.9 Å². The Hall–Kier alpha value is -1.63. The second-order valence-electron chi connectivity index (χ2n) is 6.73. The van der Waals surface area contributed by atoms with Gasteiger partial charge in [-0.1, -0.05) is 20.8 Å². The highest BCUT2D eigenvalue weighted by Crippen LogP contribution is 2.24. The maximum absolute atomic E-state index is 11.8. The predicted octanol–water partition coefficient (Wildman–Crippen LogP) is 2.16. The number of carbonyl (C=O) groups is 1. The largest absolute Gasteiger partial charge is 0.469 e. The van der Waals surface area contributed by atoms with E-state index in [9.17, 15) is 4.79 Å². The molecule has 134 valence electrons. The molecule has 1 fully saturated rings. The van der Waals surface area contributed by atoms with Crippen LogP contribution in [0, 0.1) is 17.8 Å². The Morgan fingerprint density at radius 1 is 1.54 bits per heavy atom. The van der Waals surface area contributed by atoms with Crippen molar-refractivity contribution in [3.05, 3.63) is 16.1 Å². The van der Waals surface area contributed by atoms with Crippen LogP contribution in [0.3, 0.4) is 0 Å². The van der Waals surface area contributed by atoms with Crippen molar-refractivity contribution in [1.29, 1.82) is 0 Å². The summed E-state index contributed by atoms with van der Waals surface area (Å²) in [5.74, 6) is 1.48. The number of guanidine groups is 1. The minimum Gasteiger partial charge on any atom is -0.469 e. The number of rotatable bonds is 5. The molecular weight excluding hydrogens is 324 g/mol. The number of hydrogen-bond donors (Lipinski definition) is 1. The first-order valence-corrected chi connectivity index (χ1v) is 9.23. The summed E-state index contributed by atoms with van der Waals surface area (Å²) in [4.78, 5) is 24.0. The average molecular weight is 353 g/mol. The molecule has 1 aromatic heterocycles. The van der Waals surface area contributed by atoms with Gasteiger partial charge in [-0.05, 0) is 11.8 Å². The van der Waals surface area contributed by atoms with Crippen molar-refractivity contribution in [2.24, 2.45) is 22.7 Å². The zero-order valence-corrected chi connectivity index (χ0v) is 16.0. The maximum atomic E-state index is 11.8. The van der Waals surface area contributed by atoms with E-state index >= 15 is 0 Å². The summed E-state index contributed by atoms with van der Waals surface area (Å²) in [6, 6.07) is 0. The summed E-state index contributed by atoms with van der Waals surface area (Å²) >= 11 is 1.74. The molecule has 0 aliphatic carbocycles. The van der Waals surface area contributed by atoms with Crippen LogP contribution in [0.25, 0.3) is 0 Å². The van der Waals surface area contributed by atoms with Crippen LogP contribution in [0.15, 0.2) is 11.2 Å². The van der Waals surface area contributed by atoms with Crippen LogP contribution in [0.1, 0.15) is 30.7 Å². The molecule has 0 radical (unpaired) electrons. The van der Waals surface area contributed by atoms with E-state index in [-0.39, 0.29) is 17.8 Å². The van der Waals surface area contributed by atoms with Gasteiger partial charge in [0.05, 0.1) is 24.6 Å². The first kappa shape index (κ1) is 18.7. The van der Waals surface area contributed by atoms with Gasteiger partial charge in [0.2, 0.25) is 0 Å². The zero-order valence-electron chi connectivity index (χ0n) is 15.2. The van der Waals surface area contributed by atoms with Crippen molar-refractivity contribution in [2.75, 3.05) is 27.2 Å². The van der Waals surface area contributed by atoms with Gasteiger partial charge in [-0.2, -0.15) is 0 Å². The molecule has 2 rings (SSSR count). The zero-order chi connectivity index (χ0) is 17.7. The number of carbonyl (C=O) groups excluding carboxylic acids is 1. The van der Waals surface area contributed by atoms with E-state index in [0.29, 0.717) is 19.0 Å². The summed E-state index contributed by atoms with van der Waals surface area (Å²) in [6.45, 7) is 8.64. The number of thiazole rings is 1. The topological polar surface area (TPSA) is 66.8 Å². The molecule has 0 bridgehead atoms. The van der Waals surface area contributed by atoms with Crippen LogP contribution in [0.2, 0.25) is 0 Å². The molecule has 0 amide bonds. The lowest BCUT2D eigenvalue weighted by Gasteiger charge is -2.21. The van der Waals surface area contributed by atoms with Crippen LogP contribution >= 0.6 is 11.3 Å². The van der Waals surface area contributed by atoms with E-state index in [1.807, 2.05) is 6.20 Å². The summed E-state index contributed by atoms with van der Waals surface area (Å²) in [7, 11) is 3.22. The van der Waals surface area contributed by atoms with Crippen LogP contribution in [0.4, 0.5) is 0 Å². The summed E-state index contributed by atoms with van der Waals surface area (Å²) in [5, 5.41) is 4.56. The first-order valence-electron chi connectivity index (χ1n) is 8.41. The number of likely N-dealkylation sites (tertiary alicyclic amines) is 1. The molecule has 7 heteroatoms. The SMILES string of the molecule is CN=C(NCc1cnc(CC(C)C)s1)N1CC(C)C(C(=O)OC)C1. The van der Waals surface area contributed by atoms with Gasteiger partial charge in [-0.25, -0.2) is 4.98 Å². The van der Waals surface area contributed by atoms with Crippen molar-refractivity contribution in [1.82, 2.24) is 15.2 Å². The Morgan fingerprint density at radius 3 is 2.92 bits per heavy atom. The average Bonchev–Trinajstić information content (AvgIpc) is 3.13. The van der Waals surface area contributed by atoms with Gasteiger partial charge in [-0.3, -0.25) is 9.79 Å². The Bertz CT molecular complexity index is 585. The quantitative estimate of drug-likeness (QED) is 0.500. The van der Waals surface area contributed by atoms with Gasteiger partial charge in [-0.15, -0.1) is 11.3 Å². The molecule has 2 heterocycles. The van der Waals surface area contributed by atoms with Crippen LogP contribution in [0.5, 0.6) is 0 Å². The number of nitrogens with one attached hydrogen (secondary N) is 1. The monoisotopic (exact) mass is 352 g/mol. The standard InChI is InChI=1S/C17H28N4O2S/c1-11(2)6-15-19-7-13(24-15)8-20-17(18-4)21-9-12(3)14(10-21)16(22)23-5/h7,11-12,14H,6,8-10H2,1-5H3,(H,18,20). The fourth-order valence-electron chi connectivity index (χ4n) is 2.97. The number of esters is 1. The van der Waals surface area contributed by atoms with Crippen molar-refractivity contribution >= 4 is 23.3 Å². The van der Waals surface area contributed by atoms with Gasteiger partial charge < -0.3 is 15.0 Å². The highest BCUT2D eigenvalue weighted by atomic mass is 32.1. The molecule has 2 unspecified atom stereocenters. The second-order valence-corrected chi connectivity index (χ2v) is 7.93. The molecule has 1 aliphatic rings. The highest BCUT2D eigenvalue weighted by molar-refractivity contribution is 7.11. The second kappa shape index (κ2) is 8.46. The van der Waals surface area contributed by atoms with Crippen molar-refractivity contribution in [3.63, 3.8) is 0 Å². The first-order chi connectivity index (χ1) is 11.4. The number of aliphatic imine (C=N–C) groups is 1. The fourth-order valence-corrected chi connectivity index (χ4v) is 4.04. The predicted molar refractivity (Wildman–Crippen MR) is 97.1 cm³/mol. The van der Waals surface area contributed by atoms with E-state index in [2.05, 4.69) is 41.0 Å². The Balaban J connectivity index is 1.91. The smallest absolute Gasteiger partial charge is 0.310 e. The molecule has 6 nitrogen and oxygen atoms in total. The van der Waals surface area contributed by atoms with Gasteiger partial charge in [0.25, 0.3) is 0 Å². The summed E-state index contributed by atoms with van der Waals surface area (Å²) in [5.41, 5.74) is 0. The third kappa shape index (κ3) is 4.69. The number of hydrogen-bond acceptors (Lipinski definition) is 5. The Kier molecular flexibility index (Phi) is 6.60. The van der Waals surface area contributed by atoms with Gasteiger partial charge in [0.1, 0.15) is 0 Å². The van der Waals surface area contributed by atoms with Crippen molar-refractivity contribution in [2.45, 2.75) is 33.7 Å². The molecule has 1 aromatic rings. The molecule has 1 N–H and O–H groups in total. The molecule has 2 atom stereocenters. The van der Waals surface area contributed by atoms with Gasteiger partial charge in [0, 0.05) is 37.6 Å².